The summed E-state index contributed by atoms with van der Waals surface area (Å²) in [4.78, 5) is 11.8. The molecule has 0 spiro atoms. The number of nitrogens with one attached hydrogen (secondary N) is 1. The van der Waals surface area contributed by atoms with Crippen LogP contribution in [0.1, 0.15) is 35.7 Å². The van der Waals surface area contributed by atoms with Crippen molar-refractivity contribution in [2.75, 3.05) is 18.9 Å². The third kappa shape index (κ3) is 4.28. The lowest BCUT2D eigenvalue weighted by Gasteiger charge is -2.15. The van der Waals surface area contributed by atoms with Crippen LogP contribution in [0, 0.1) is 0 Å². The van der Waals surface area contributed by atoms with Crippen molar-refractivity contribution in [2.45, 2.75) is 24.7 Å². The number of rotatable bonds is 6. The molecule has 26 heavy (non-hydrogen) atoms. The maximum absolute atomic E-state index is 12.7. The lowest BCUT2D eigenvalue weighted by atomic mass is 10.0. The van der Waals surface area contributed by atoms with E-state index in [0.717, 1.165) is 5.56 Å². The van der Waals surface area contributed by atoms with Crippen LogP contribution in [-0.2, 0) is 14.8 Å². The summed E-state index contributed by atoms with van der Waals surface area (Å²) in [5, 5.41) is 0.173. The SMILES string of the molecule is COC(=O)c1cc(NS(=O)(=O)c2ccc(OC)c(C(C)C)c2)ccc1Cl. The quantitative estimate of drug-likeness (QED) is 0.743. The van der Waals surface area contributed by atoms with E-state index in [-0.39, 0.29) is 27.1 Å². The molecule has 2 aromatic carbocycles. The third-order valence-corrected chi connectivity index (χ3v) is 5.47. The van der Waals surface area contributed by atoms with E-state index in [1.165, 1.54) is 38.5 Å². The summed E-state index contributed by atoms with van der Waals surface area (Å²) in [6.07, 6.45) is 0. The Kier molecular flexibility index (Phi) is 6.15. The van der Waals surface area contributed by atoms with Crippen molar-refractivity contribution in [1.82, 2.24) is 0 Å². The fourth-order valence-corrected chi connectivity index (χ4v) is 3.68. The summed E-state index contributed by atoms with van der Waals surface area (Å²) >= 11 is 5.96. The molecule has 0 bridgehead atoms. The Morgan fingerprint density at radius 2 is 1.81 bits per heavy atom. The molecule has 0 aliphatic carbocycles. The van der Waals surface area contributed by atoms with Gasteiger partial charge < -0.3 is 9.47 Å². The number of anilines is 1. The zero-order valence-electron chi connectivity index (χ0n) is 14.9. The average molecular weight is 398 g/mol. The largest absolute Gasteiger partial charge is 0.496 e. The Bertz CT molecular complexity index is 925. The molecule has 1 N–H and O–H groups in total. The van der Waals surface area contributed by atoms with E-state index < -0.39 is 16.0 Å². The van der Waals surface area contributed by atoms with Crippen molar-refractivity contribution in [3.05, 3.63) is 52.5 Å². The minimum absolute atomic E-state index is 0.0759. The molecular formula is C18H20ClNO5S. The summed E-state index contributed by atoms with van der Waals surface area (Å²) in [6.45, 7) is 3.90. The molecule has 0 atom stereocenters. The molecule has 2 aromatic rings. The van der Waals surface area contributed by atoms with Gasteiger partial charge in [-0.05, 0) is 47.9 Å². The highest BCUT2D eigenvalue weighted by Gasteiger charge is 2.19. The monoisotopic (exact) mass is 397 g/mol. The molecule has 0 unspecified atom stereocenters. The first kappa shape index (κ1) is 20.1. The van der Waals surface area contributed by atoms with Crippen LogP contribution in [0.4, 0.5) is 5.69 Å². The van der Waals surface area contributed by atoms with Crippen molar-refractivity contribution >= 4 is 33.3 Å². The van der Waals surface area contributed by atoms with Gasteiger partial charge in [-0.3, -0.25) is 4.72 Å². The molecule has 6 nitrogen and oxygen atoms in total. The fraction of sp³-hybridized carbons (Fsp3) is 0.278. The minimum Gasteiger partial charge on any atom is -0.496 e. The summed E-state index contributed by atoms with van der Waals surface area (Å²) in [6, 6.07) is 8.88. The molecule has 0 aliphatic rings. The Morgan fingerprint density at radius 3 is 2.38 bits per heavy atom. The van der Waals surface area contributed by atoms with Crippen LogP contribution in [0.5, 0.6) is 5.75 Å². The van der Waals surface area contributed by atoms with Crippen LogP contribution in [0.3, 0.4) is 0 Å². The van der Waals surface area contributed by atoms with Crippen LogP contribution in [0.2, 0.25) is 5.02 Å². The molecule has 8 heteroatoms. The van der Waals surface area contributed by atoms with Gasteiger partial charge >= 0.3 is 5.97 Å². The van der Waals surface area contributed by atoms with Crippen LogP contribution in [0.25, 0.3) is 0 Å². The van der Waals surface area contributed by atoms with Crippen LogP contribution in [0.15, 0.2) is 41.3 Å². The number of sulfonamides is 1. The molecule has 0 aliphatic heterocycles. The first-order valence-electron chi connectivity index (χ1n) is 7.78. The number of benzene rings is 2. The summed E-state index contributed by atoms with van der Waals surface area (Å²) < 4.78 is 37.8. The van der Waals surface area contributed by atoms with Gasteiger partial charge in [-0.25, -0.2) is 13.2 Å². The van der Waals surface area contributed by atoms with Gasteiger partial charge in [0.15, 0.2) is 0 Å². The summed E-state index contributed by atoms with van der Waals surface area (Å²) in [5.74, 6) is 0.0579. The molecule has 140 valence electrons. The number of halogens is 1. The lowest BCUT2D eigenvalue weighted by molar-refractivity contribution is 0.0601. The number of hydrogen-bond donors (Lipinski definition) is 1. The second-order valence-electron chi connectivity index (χ2n) is 5.85. The molecule has 0 saturated heterocycles. The number of ether oxygens (including phenoxy) is 2. The van der Waals surface area contributed by atoms with E-state index in [1.54, 1.807) is 12.1 Å². The maximum Gasteiger partial charge on any atom is 0.339 e. The van der Waals surface area contributed by atoms with Gasteiger partial charge in [0.25, 0.3) is 10.0 Å². The van der Waals surface area contributed by atoms with Gasteiger partial charge in [0.05, 0.1) is 29.7 Å². The number of carbonyl (C=O) groups excluding carboxylic acids is 1. The van der Waals surface area contributed by atoms with Crippen molar-refractivity contribution in [3.63, 3.8) is 0 Å². The molecule has 0 heterocycles. The van der Waals surface area contributed by atoms with Crippen molar-refractivity contribution in [2.24, 2.45) is 0 Å². The van der Waals surface area contributed by atoms with Crippen molar-refractivity contribution < 1.29 is 22.7 Å². The van der Waals surface area contributed by atoms with Gasteiger partial charge in [-0.1, -0.05) is 25.4 Å². The topological polar surface area (TPSA) is 81.7 Å². The van der Waals surface area contributed by atoms with E-state index in [4.69, 9.17) is 16.3 Å². The number of hydrogen-bond acceptors (Lipinski definition) is 5. The van der Waals surface area contributed by atoms with Gasteiger partial charge in [-0.15, -0.1) is 0 Å². The average Bonchev–Trinajstić information content (AvgIpc) is 2.61. The van der Waals surface area contributed by atoms with E-state index in [9.17, 15) is 13.2 Å². The van der Waals surface area contributed by atoms with Gasteiger partial charge in [0.2, 0.25) is 0 Å². The Hall–Kier alpha value is -2.25. The third-order valence-electron chi connectivity index (χ3n) is 3.76. The van der Waals surface area contributed by atoms with Crippen molar-refractivity contribution in [3.8, 4) is 5.75 Å². The molecule has 0 saturated carbocycles. The van der Waals surface area contributed by atoms with Gasteiger partial charge in [0.1, 0.15) is 5.75 Å². The van der Waals surface area contributed by atoms with Crippen LogP contribution < -0.4 is 9.46 Å². The van der Waals surface area contributed by atoms with E-state index in [2.05, 4.69) is 9.46 Å². The number of esters is 1. The smallest absolute Gasteiger partial charge is 0.339 e. The first-order valence-corrected chi connectivity index (χ1v) is 9.64. The Balaban J connectivity index is 2.41. The zero-order valence-corrected chi connectivity index (χ0v) is 16.4. The summed E-state index contributed by atoms with van der Waals surface area (Å²) in [7, 11) is -1.10. The van der Waals surface area contributed by atoms with Crippen molar-refractivity contribution in [1.29, 1.82) is 0 Å². The van der Waals surface area contributed by atoms with Crippen LogP contribution in [-0.4, -0.2) is 28.6 Å². The van der Waals surface area contributed by atoms with Gasteiger partial charge in [0, 0.05) is 5.69 Å². The first-order chi connectivity index (χ1) is 12.2. The van der Waals surface area contributed by atoms with E-state index in [1.807, 2.05) is 13.8 Å². The molecule has 2 rings (SSSR count). The normalized spacial score (nSPS) is 11.3. The standard InChI is InChI=1S/C18H20ClNO5S/c1-11(2)14-10-13(6-8-17(14)24-3)26(22,23)20-12-5-7-16(19)15(9-12)18(21)25-4/h5-11,20H,1-4H3. The highest BCUT2D eigenvalue weighted by Crippen LogP contribution is 2.30. The molecule has 0 amide bonds. The lowest BCUT2D eigenvalue weighted by Crippen LogP contribution is -2.14. The number of carbonyl (C=O) groups is 1. The Morgan fingerprint density at radius 1 is 1.12 bits per heavy atom. The maximum atomic E-state index is 12.7. The summed E-state index contributed by atoms with van der Waals surface area (Å²) in [5.41, 5.74) is 1.06. The minimum atomic E-state index is -3.86. The van der Waals surface area contributed by atoms with E-state index in [0.29, 0.717) is 5.75 Å². The van der Waals surface area contributed by atoms with Crippen LogP contribution >= 0.6 is 11.6 Å². The second-order valence-corrected chi connectivity index (χ2v) is 7.94. The molecular weight excluding hydrogens is 378 g/mol. The predicted molar refractivity (Wildman–Crippen MR) is 101 cm³/mol. The zero-order chi connectivity index (χ0) is 19.5. The highest BCUT2D eigenvalue weighted by molar-refractivity contribution is 7.92. The second kappa shape index (κ2) is 7.97. The Labute approximate surface area is 158 Å². The van der Waals surface area contributed by atoms with Gasteiger partial charge in [-0.2, -0.15) is 0 Å². The molecule has 0 radical (unpaired) electrons. The predicted octanol–water partition coefficient (Wildman–Crippen LogP) is 4.06. The number of methoxy groups -OCH3 is 2. The highest BCUT2D eigenvalue weighted by atomic mass is 35.5. The molecule has 0 aromatic heterocycles. The van der Waals surface area contributed by atoms with E-state index >= 15 is 0 Å². The fourth-order valence-electron chi connectivity index (χ4n) is 2.40. The molecule has 0 fully saturated rings.